The van der Waals surface area contributed by atoms with Gasteiger partial charge in [-0.2, -0.15) is 0 Å². The monoisotopic (exact) mass is 280 g/mol. The zero-order valence-electron chi connectivity index (χ0n) is 11.3. The summed E-state index contributed by atoms with van der Waals surface area (Å²) in [5.74, 6) is -0.294. The van der Waals surface area contributed by atoms with Crippen molar-refractivity contribution in [3.8, 4) is 16.9 Å². The van der Waals surface area contributed by atoms with Crippen LogP contribution in [0.1, 0.15) is 10.5 Å². The van der Waals surface area contributed by atoms with Gasteiger partial charge in [0.05, 0.1) is 12.6 Å². The summed E-state index contributed by atoms with van der Waals surface area (Å²) in [5, 5.41) is 9.85. The Morgan fingerprint density at radius 1 is 1.14 bits per heavy atom. The Balaban J connectivity index is 2.13. The topological polar surface area (TPSA) is 72.3 Å². The highest BCUT2D eigenvalue weighted by atomic mass is 16.5. The van der Waals surface area contributed by atoms with Gasteiger partial charge in [0.15, 0.2) is 0 Å². The van der Waals surface area contributed by atoms with Crippen molar-refractivity contribution < 1.29 is 14.6 Å². The van der Waals surface area contributed by atoms with Crippen molar-refractivity contribution in [2.24, 2.45) is 0 Å². The van der Waals surface area contributed by atoms with E-state index in [1.807, 2.05) is 24.3 Å². The number of pyridine rings is 2. The molecular formula is C16H12N2O3. The van der Waals surface area contributed by atoms with Crippen LogP contribution in [-0.2, 0) is 0 Å². The molecule has 0 radical (unpaired) electrons. The number of carboxylic acids is 1. The molecule has 0 saturated carbocycles. The zero-order chi connectivity index (χ0) is 14.8. The number of nitrogens with zero attached hydrogens (tertiary/aromatic N) is 2. The number of ether oxygens (including phenoxy) is 1. The van der Waals surface area contributed by atoms with Gasteiger partial charge in [0.1, 0.15) is 11.4 Å². The van der Waals surface area contributed by atoms with Crippen LogP contribution in [0, 0.1) is 0 Å². The number of hydrogen-bond donors (Lipinski definition) is 1. The highest BCUT2D eigenvalue weighted by Gasteiger charge is 2.08. The number of benzene rings is 1. The summed E-state index contributed by atoms with van der Waals surface area (Å²) in [6.45, 7) is 0. The van der Waals surface area contributed by atoms with E-state index in [4.69, 9.17) is 9.84 Å². The van der Waals surface area contributed by atoms with Gasteiger partial charge in [-0.05, 0) is 29.8 Å². The van der Waals surface area contributed by atoms with Crippen molar-refractivity contribution in [1.29, 1.82) is 0 Å². The molecule has 0 atom stereocenters. The summed E-state index contributed by atoms with van der Waals surface area (Å²) in [5.41, 5.74) is 2.64. The van der Waals surface area contributed by atoms with E-state index in [1.165, 1.54) is 6.07 Å². The molecule has 0 unspecified atom stereocenters. The maximum atomic E-state index is 10.8. The molecule has 3 rings (SSSR count). The number of fused-ring (bicyclic) bond motifs is 1. The molecule has 0 aliphatic carbocycles. The first-order valence-corrected chi connectivity index (χ1v) is 6.31. The number of hydrogen-bond acceptors (Lipinski definition) is 4. The van der Waals surface area contributed by atoms with Gasteiger partial charge in [-0.15, -0.1) is 0 Å². The number of carbonyl (C=O) groups is 1. The van der Waals surface area contributed by atoms with Crippen LogP contribution in [-0.4, -0.2) is 28.2 Å². The summed E-state index contributed by atoms with van der Waals surface area (Å²) in [7, 11) is 1.61. The average molecular weight is 280 g/mol. The minimum atomic E-state index is -1.04. The Labute approximate surface area is 120 Å². The third kappa shape index (κ3) is 2.41. The van der Waals surface area contributed by atoms with E-state index in [9.17, 15) is 4.79 Å². The summed E-state index contributed by atoms with van der Waals surface area (Å²) in [6, 6.07) is 10.8. The molecule has 5 nitrogen and oxygen atoms in total. The van der Waals surface area contributed by atoms with Crippen LogP contribution in [0.4, 0.5) is 0 Å². The van der Waals surface area contributed by atoms with Crippen LogP contribution in [0.25, 0.3) is 22.0 Å². The second-order valence-corrected chi connectivity index (χ2v) is 4.48. The van der Waals surface area contributed by atoms with E-state index in [2.05, 4.69) is 9.97 Å². The zero-order valence-corrected chi connectivity index (χ0v) is 11.3. The van der Waals surface area contributed by atoms with Crippen LogP contribution >= 0.6 is 0 Å². The molecule has 0 aliphatic rings. The molecule has 0 spiro atoms. The molecule has 1 N–H and O–H groups in total. The molecular weight excluding hydrogens is 268 g/mol. The quantitative estimate of drug-likeness (QED) is 0.798. The van der Waals surface area contributed by atoms with E-state index in [-0.39, 0.29) is 5.69 Å². The number of carboxylic acid groups (broad SMARTS) is 1. The fourth-order valence-corrected chi connectivity index (χ4v) is 2.19. The second-order valence-electron chi connectivity index (χ2n) is 4.48. The van der Waals surface area contributed by atoms with Gasteiger partial charge < -0.3 is 9.84 Å². The highest BCUT2D eigenvalue weighted by molar-refractivity contribution is 5.95. The van der Waals surface area contributed by atoms with Crippen molar-refractivity contribution in [3.05, 3.63) is 54.5 Å². The Morgan fingerprint density at radius 2 is 2.00 bits per heavy atom. The van der Waals surface area contributed by atoms with Gasteiger partial charge >= 0.3 is 5.97 Å². The van der Waals surface area contributed by atoms with Gasteiger partial charge in [0, 0.05) is 29.4 Å². The van der Waals surface area contributed by atoms with Gasteiger partial charge in [0.25, 0.3) is 0 Å². The normalized spacial score (nSPS) is 10.5. The molecule has 3 aromatic rings. The van der Waals surface area contributed by atoms with Gasteiger partial charge in [-0.1, -0.05) is 6.07 Å². The van der Waals surface area contributed by atoms with Gasteiger partial charge in [-0.25, -0.2) is 9.78 Å². The fraction of sp³-hybridized carbons (Fsp3) is 0.0625. The summed E-state index contributed by atoms with van der Waals surface area (Å²) < 4.78 is 5.19. The fourth-order valence-electron chi connectivity index (χ4n) is 2.19. The molecule has 21 heavy (non-hydrogen) atoms. The minimum Gasteiger partial charge on any atom is -0.497 e. The molecule has 0 saturated heterocycles. The first-order chi connectivity index (χ1) is 10.2. The van der Waals surface area contributed by atoms with Crippen molar-refractivity contribution >= 4 is 16.9 Å². The number of methoxy groups -OCH3 is 1. The predicted molar refractivity (Wildman–Crippen MR) is 78.5 cm³/mol. The first kappa shape index (κ1) is 13.1. The predicted octanol–water partition coefficient (Wildman–Crippen LogP) is 3.00. The van der Waals surface area contributed by atoms with Crippen LogP contribution in [0.3, 0.4) is 0 Å². The van der Waals surface area contributed by atoms with E-state index in [1.54, 1.807) is 25.6 Å². The Hall–Kier alpha value is -2.95. The number of rotatable bonds is 3. The molecule has 1 aromatic carbocycles. The van der Waals surface area contributed by atoms with Crippen molar-refractivity contribution in [2.45, 2.75) is 0 Å². The lowest BCUT2D eigenvalue weighted by Gasteiger charge is -2.07. The van der Waals surface area contributed by atoms with Gasteiger partial charge in [0.2, 0.25) is 0 Å². The molecule has 0 aliphatic heterocycles. The molecule has 0 bridgehead atoms. The lowest BCUT2D eigenvalue weighted by atomic mass is 10.0. The Bertz CT molecular complexity index is 813. The maximum Gasteiger partial charge on any atom is 0.354 e. The molecule has 104 valence electrons. The smallest absolute Gasteiger partial charge is 0.354 e. The number of aromatic nitrogens is 2. The SMILES string of the molecule is COc1ccc2c(-c3ccc(C(=O)O)nc3)ccnc2c1. The largest absolute Gasteiger partial charge is 0.497 e. The lowest BCUT2D eigenvalue weighted by molar-refractivity contribution is 0.0690. The van der Waals surface area contributed by atoms with E-state index in [0.717, 1.165) is 27.8 Å². The van der Waals surface area contributed by atoms with Crippen LogP contribution in [0.2, 0.25) is 0 Å². The first-order valence-electron chi connectivity index (χ1n) is 6.31. The minimum absolute atomic E-state index is 0.0266. The van der Waals surface area contributed by atoms with Crippen molar-refractivity contribution in [1.82, 2.24) is 9.97 Å². The lowest BCUT2D eigenvalue weighted by Crippen LogP contribution is -1.99. The summed E-state index contributed by atoms with van der Waals surface area (Å²) in [4.78, 5) is 19.1. The van der Waals surface area contributed by atoms with E-state index < -0.39 is 5.97 Å². The molecule has 5 heteroatoms. The van der Waals surface area contributed by atoms with Crippen LogP contribution in [0.5, 0.6) is 5.75 Å². The number of aromatic carboxylic acids is 1. The molecule has 0 fully saturated rings. The third-order valence-electron chi connectivity index (χ3n) is 3.24. The second kappa shape index (κ2) is 5.20. The Kier molecular flexibility index (Phi) is 3.23. The third-order valence-corrected chi connectivity index (χ3v) is 3.24. The summed E-state index contributed by atoms with van der Waals surface area (Å²) in [6.07, 6.45) is 3.27. The molecule has 2 heterocycles. The van der Waals surface area contributed by atoms with E-state index >= 15 is 0 Å². The Morgan fingerprint density at radius 3 is 2.67 bits per heavy atom. The van der Waals surface area contributed by atoms with Crippen LogP contribution in [0.15, 0.2) is 48.8 Å². The highest BCUT2D eigenvalue weighted by Crippen LogP contribution is 2.29. The average Bonchev–Trinajstić information content (AvgIpc) is 2.53. The van der Waals surface area contributed by atoms with Crippen molar-refractivity contribution in [3.63, 3.8) is 0 Å². The van der Waals surface area contributed by atoms with E-state index in [0.29, 0.717) is 0 Å². The standard InChI is InChI=1S/C16H12N2O3/c1-21-11-3-4-13-12(6-7-17-15(13)8-11)10-2-5-14(16(19)20)18-9-10/h2-9H,1H3,(H,19,20). The summed E-state index contributed by atoms with van der Waals surface area (Å²) >= 11 is 0. The van der Waals surface area contributed by atoms with Crippen LogP contribution < -0.4 is 4.74 Å². The maximum absolute atomic E-state index is 10.8. The van der Waals surface area contributed by atoms with Gasteiger partial charge in [-0.3, -0.25) is 4.98 Å². The molecule has 2 aromatic heterocycles. The molecule has 0 amide bonds. The van der Waals surface area contributed by atoms with Crippen molar-refractivity contribution in [2.75, 3.05) is 7.11 Å².